The van der Waals surface area contributed by atoms with Gasteiger partial charge in [-0.15, -0.1) is 0 Å². The van der Waals surface area contributed by atoms with Crippen LogP contribution in [0.3, 0.4) is 0 Å². The maximum absolute atomic E-state index is 13.4. The first-order valence-corrected chi connectivity index (χ1v) is 7.36. The van der Waals surface area contributed by atoms with Crippen molar-refractivity contribution in [1.29, 1.82) is 0 Å². The number of carbonyl (C=O) groups excluding carboxylic acids is 2. The molecule has 5 nitrogen and oxygen atoms in total. The van der Waals surface area contributed by atoms with Crippen LogP contribution in [0.2, 0.25) is 0 Å². The molecule has 0 saturated heterocycles. The Morgan fingerprint density at radius 2 is 2.00 bits per heavy atom. The summed E-state index contributed by atoms with van der Waals surface area (Å²) in [6, 6.07) is 11.1. The minimum atomic E-state index is -1.24. The van der Waals surface area contributed by atoms with Crippen molar-refractivity contribution in [3.63, 3.8) is 0 Å². The number of carboxylic acid groups (broad SMARTS) is 1. The third-order valence-electron chi connectivity index (χ3n) is 4.12. The number of nitrogens with one attached hydrogen (secondary N) is 1. The minimum absolute atomic E-state index is 0.276. The Morgan fingerprint density at radius 3 is 2.79 bits per heavy atom. The predicted octanol–water partition coefficient (Wildman–Crippen LogP) is 1.86. The highest BCUT2D eigenvalue weighted by atomic mass is 19.1. The third kappa shape index (κ3) is 2.15. The van der Waals surface area contributed by atoms with E-state index in [9.17, 15) is 19.1 Å². The predicted molar refractivity (Wildman–Crippen MR) is 81.7 cm³/mol. The summed E-state index contributed by atoms with van der Waals surface area (Å²) < 4.78 is 19.2. The molecule has 6 heteroatoms. The number of benzene rings is 2. The lowest BCUT2D eigenvalue weighted by molar-refractivity contribution is -0.307. The van der Waals surface area contributed by atoms with Crippen molar-refractivity contribution < 1.29 is 23.8 Å². The van der Waals surface area contributed by atoms with Gasteiger partial charge in [-0.1, -0.05) is 24.3 Å². The van der Waals surface area contributed by atoms with Crippen molar-refractivity contribution in [2.24, 2.45) is 0 Å². The Bertz CT molecular complexity index is 919. The van der Waals surface area contributed by atoms with Crippen LogP contribution < -0.4 is 10.4 Å². The van der Waals surface area contributed by atoms with Gasteiger partial charge in [-0.3, -0.25) is 4.79 Å². The SMILES string of the molecule is O=C([O-])CC1O/C(=C2\C(=O)Nc3cc(F)ccc32)c2ccccc21. The number of fused-ring (bicyclic) bond motifs is 2. The zero-order chi connectivity index (χ0) is 16.8. The first kappa shape index (κ1) is 14.4. The number of hydrogen-bond donors (Lipinski definition) is 1. The van der Waals surface area contributed by atoms with Gasteiger partial charge in [0.15, 0.2) is 0 Å². The Morgan fingerprint density at radius 1 is 1.21 bits per heavy atom. The Kier molecular flexibility index (Phi) is 3.13. The Labute approximate surface area is 136 Å². The van der Waals surface area contributed by atoms with Crippen LogP contribution in [-0.4, -0.2) is 11.9 Å². The molecule has 2 aromatic carbocycles. The van der Waals surface area contributed by atoms with E-state index in [4.69, 9.17) is 4.74 Å². The van der Waals surface area contributed by atoms with Crippen molar-refractivity contribution in [3.8, 4) is 0 Å². The summed E-state index contributed by atoms with van der Waals surface area (Å²) in [5.41, 5.74) is 2.52. The van der Waals surface area contributed by atoms with E-state index in [0.29, 0.717) is 28.1 Å². The van der Waals surface area contributed by atoms with E-state index in [1.54, 1.807) is 24.3 Å². The number of rotatable bonds is 2. The molecule has 24 heavy (non-hydrogen) atoms. The number of aliphatic carboxylic acids is 1. The van der Waals surface area contributed by atoms with Crippen LogP contribution >= 0.6 is 0 Å². The molecule has 1 amide bonds. The molecule has 2 aliphatic rings. The molecule has 1 N–H and O–H groups in total. The molecule has 2 heterocycles. The van der Waals surface area contributed by atoms with E-state index < -0.39 is 23.8 Å². The third-order valence-corrected chi connectivity index (χ3v) is 4.12. The van der Waals surface area contributed by atoms with Crippen LogP contribution in [0.25, 0.3) is 11.3 Å². The lowest BCUT2D eigenvalue weighted by Gasteiger charge is -2.13. The minimum Gasteiger partial charge on any atom is -0.550 e. The average Bonchev–Trinajstić information content (AvgIpc) is 3.04. The van der Waals surface area contributed by atoms with Crippen molar-refractivity contribution in [2.75, 3.05) is 5.32 Å². The smallest absolute Gasteiger partial charge is 0.260 e. The fourth-order valence-corrected chi connectivity index (χ4v) is 3.12. The fraction of sp³-hybridized carbons (Fsp3) is 0.111. The maximum atomic E-state index is 13.4. The summed E-state index contributed by atoms with van der Waals surface area (Å²) in [4.78, 5) is 23.3. The second-order valence-electron chi connectivity index (χ2n) is 5.62. The number of carboxylic acids is 1. The van der Waals surface area contributed by atoms with E-state index >= 15 is 0 Å². The van der Waals surface area contributed by atoms with Gasteiger partial charge in [-0.25, -0.2) is 4.39 Å². The van der Waals surface area contributed by atoms with E-state index in [1.807, 2.05) is 0 Å². The molecule has 0 fully saturated rings. The molecular formula is C18H11FNO4-. The summed E-state index contributed by atoms with van der Waals surface area (Å²) in [5.74, 6) is -1.79. The molecule has 120 valence electrons. The molecule has 0 spiro atoms. The molecule has 0 bridgehead atoms. The number of anilines is 1. The van der Waals surface area contributed by atoms with E-state index in [0.717, 1.165) is 0 Å². The second kappa shape index (κ2) is 5.19. The van der Waals surface area contributed by atoms with Gasteiger partial charge >= 0.3 is 0 Å². The van der Waals surface area contributed by atoms with Crippen LogP contribution in [0.4, 0.5) is 10.1 Å². The first-order valence-electron chi connectivity index (χ1n) is 7.36. The number of carbonyl (C=O) groups is 2. The van der Waals surface area contributed by atoms with Crippen LogP contribution in [0.1, 0.15) is 29.2 Å². The van der Waals surface area contributed by atoms with Crippen LogP contribution in [0, 0.1) is 5.82 Å². The zero-order valence-electron chi connectivity index (χ0n) is 12.3. The van der Waals surface area contributed by atoms with Gasteiger partial charge < -0.3 is 20.0 Å². The van der Waals surface area contributed by atoms with Crippen LogP contribution in [0.15, 0.2) is 42.5 Å². The van der Waals surface area contributed by atoms with Gasteiger partial charge in [-0.2, -0.15) is 0 Å². The average molecular weight is 324 g/mol. The number of ether oxygens (including phenoxy) is 1. The molecule has 1 atom stereocenters. The van der Waals surface area contributed by atoms with E-state index in [1.165, 1.54) is 18.2 Å². The topological polar surface area (TPSA) is 78.5 Å². The normalized spacial score (nSPS) is 21.0. The summed E-state index contributed by atoms with van der Waals surface area (Å²) >= 11 is 0. The Hall–Kier alpha value is -3.15. The number of amides is 1. The highest BCUT2D eigenvalue weighted by molar-refractivity contribution is 6.36. The highest BCUT2D eigenvalue weighted by Crippen LogP contribution is 2.46. The molecule has 4 rings (SSSR count). The largest absolute Gasteiger partial charge is 0.550 e. The first-order chi connectivity index (χ1) is 11.5. The summed E-state index contributed by atoms with van der Waals surface area (Å²) in [5, 5.41) is 13.6. The van der Waals surface area contributed by atoms with Gasteiger partial charge in [0.25, 0.3) is 5.91 Å². The monoisotopic (exact) mass is 324 g/mol. The molecule has 0 saturated carbocycles. The molecule has 2 aromatic rings. The van der Waals surface area contributed by atoms with E-state index in [2.05, 4.69) is 5.32 Å². The van der Waals surface area contributed by atoms with Gasteiger partial charge in [0.05, 0.1) is 11.3 Å². The molecule has 0 aliphatic carbocycles. The lowest BCUT2D eigenvalue weighted by atomic mass is 9.98. The van der Waals surface area contributed by atoms with Crippen LogP contribution in [-0.2, 0) is 14.3 Å². The lowest BCUT2D eigenvalue weighted by Crippen LogP contribution is -2.24. The quantitative estimate of drug-likeness (QED) is 0.855. The van der Waals surface area contributed by atoms with Crippen LogP contribution in [0.5, 0.6) is 0 Å². The summed E-state index contributed by atoms with van der Waals surface area (Å²) in [6.07, 6.45) is -1.03. The summed E-state index contributed by atoms with van der Waals surface area (Å²) in [7, 11) is 0. The molecule has 1 unspecified atom stereocenters. The van der Waals surface area contributed by atoms with Crippen molar-refractivity contribution >= 4 is 28.9 Å². The van der Waals surface area contributed by atoms with Crippen molar-refractivity contribution in [3.05, 3.63) is 65.0 Å². The Balaban J connectivity index is 1.90. The zero-order valence-corrected chi connectivity index (χ0v) is 12.3. The number of hydrogen-bond acceptors (Lipinski definition) is 4. The molecule has 0 radical (unpaired) electrons. The van der Waals surface area contributed by atoms with Gasteiger partial charge in [0.1, 0.15) is 17.7 Å². The second-order valence-corrected chi connectivity index (χ2v) is 5.62. The van der Waals surface area contributed by atoms with Crippen molar-refractivity contribution in [1.82, 2.24) is 0 Å². The van der Waals surface area contributed by atoms with E-state index in [-0.39, 0.29) is 12.0 Å². The molecule has 2 aliphatic heterocycles. The molecule has 0 aromatic heterocycles. The summed E-state index contributed by atoms with van der Waals surface area (Å²) in [6.45, 7) is 0. The van der Waals surface area contributed by atoms with Gasteiger partial charge in [0, 0.05) is 29.1 Å². The van der Waals surface area contributed by atoms with Gasteiger partial charge in [0.2, 0.25) is 0 Å². The van der Waals surface area contributed by atoms with Crippen molar-refractivity contribution in [2.45, 2.75) is 12.5 Å². The number of halogens is 1. The highest BCUT2D eigenvalue weighted by Gasteiger charge is 2.36. The van der Waals surface area contributed by atoms with Gasteiger partial charge in [-0.05, 0) is 18.2 Å². The molecular weight excluding hydrogens is 313 g/mol. The fourth-order valence-electron chi connectivity index (χ4n) is 3.12. The standard InChI is InChI=1S/C18H12FNO4/c19-9-5-6-12-13(7-9)20-18(23)16(12)17-11-4-2-1-3-10(11)14(24-17)8-15(21)22/h1-7,14H,8H2,(H,20,23)(H,21,22)/p-1/b17-16-. The maximum Gasteiger partial charge on any atom is 0.260 e.